The van der Waals surface area contributed by atoms with Crippen LogP contribution in [0.25, 0.3) is 4.83 Å². The molecule has 0 atom stereocenters. The molecule has 0 radical (unpaired) electrons. The van der Waals surface area contributed by atoms with E-state index < -0.39 is 8.32 Å². The van der Waals surface area contributed by atoms with Crippen LogP contribution < -0.4 is 0 Å². The molecule has 0 aliphatic rings. The molecule has 0 amide bonds. The van der Waals surface area contributed by atoms with Gasteiger partial charge < -0.3 is 4.43 Å². The minimum atomic E-state index is -1.68. The van der Waals surface area contributed by atoms with Gasteiger partial charge in [0.2, 0.25) is 0 Å². The molecule has 0 bridgehead atoms. The molecule has 0 saturated heterocycles. The number of thioether (sulfide) groups is 1. The monoisotopic (exact) mass is 314 g/mol. The fourth-order valence-corrected chi connectivity index (χ4v) is 4.15. The summed E-state index contributed by atoms with van der Waals surface area (Å²) in [5, 5.41) is 3.54. The second-order valence-electron chi connectivity index (χ2n) is 6.21. The number of fused-ring (bicyclic) bond motifs is 1. The zero-order valence-electron chi connectivity index (χ0n) is 12.5. The molecular formula is C13H22N2OS2Si. The third-order valence-corrected chi connectivity index (χ3v) is 10.2. The van der Waals surface area contributed by atoms with Gasteiger partial charge in [0.05, 0.1) is 12.3 Å². The van der Waals surface area contributed by atoms with E-state index in [0.717, 1.165) is 5.03 Å². The van der Waals surface area contributed by atoms with Crippen LogP contribution in [-0.4, -0.2) is 24.0 Å². The van der Waals surface area contributed by atoms with Crippen LogP contribution in [0.2, 0.25) is 18.1 Å². The third-order valence-electron chi connectivity index (χ3n) is 3.89. The van der Waals surface area contributed by atoms with Crippen molar-refractivity contribution in [1.29, 1.82) is 0 Å². The van der Waals surface area contributed by atoms with Gasteiger partial charge in [-0.1, -0.05) is 20.8 Å². The van der Waals surface area contributed by atoms with Crippen LogP contribution in [0, 0.1) is 0 Å². The highest BCUT2D eigenvalue weighted by atomic mass is 32.2. The summed E-state index contributed by atoms with van der Waals surface area (Å²) in [6.07, 6.45) is 3.97. The Hall–Kier alpha value is -0.303. The molecule has 3 nitrogen and oxygen atoms in total. The SMILES string of the molecule is CSc1ncn2c(CO[Si](C)(C)C(C)(C)C)csc12. The lowest BCUT2D eigenvalue weighted by Crippen LogP contribution is -2.40. The van der Waals surface area contributed by atoms with Gasteiger partial charge in [-0.3, -0.25) is 4.40 Å². The molecule has 2 aromatic rings. The highest BCUT2D eigenvalue weighted by molar-refractivity contribution is 7.98. The Balaban J connectivity index is 2.17. The summed E-state index contributed by atoms with van der Waals surface area (Å²) >= 11 is 3.44. The maximum Gasteiger partial charge on any atom is 0.192 e. The van der Waals surface area contributed by atoms with Gasteiger partial charge in [0.15, 0.2) is 8.32 Å². The fourth-order valence-electron chi connectivity index (χ4n) is 1.53. The van der Waals surface area contributed by atoms with Crippen LogP contribution in [0.3, 0.4) is 0 Å². The molecule has 2 aromatic heterocycles. The van der Waals surface area contributed by atoms with Gasteiger partial charge in [0, 0.05) is 5.38 Å². The van der Waals surface area contributed by atoms with Crippen LogP contribution in [0.1, 0.15) is 26.5 Å². The summed E-state index contributed by atoms with van der Waals surface area (Å²) in [5.41, 5.74) is 1.21. The molecular weight excluding hydrogens is 292 g/mol. The van der Waals surface area contributed by atoms with Crippen LogP contribution in [0.4, 0.5) is 0 Å². The second-order valence-corrected chi connectivity index (χ2v) is 12.7. The molecule has 2 rings (SSSR count). The molecule has 0 fully saturated rings. The Bertz CT molecular complexity index is 569. The molecule has 0 spiro atoms. The van der Waals surface area contributed by atoms with Crippen molar-refractivity contribution in [3.63, 3.8) is 0 Å². The van der Waals surface area contributed by atoms with Gasteiger partial charge in [-0.25, -0.2) is 4.98 Å². The molecule has 6 heteroatoms. The molecule has 0 N–H and O–H groups in total. The molecule has 19 heavy (non-hydrogen) atoms. The largest absolute Gasteiger partial charge is 0.411 e. The standard InChI is InChI=1S/C13H22N2OS2Si/c1-13(2,3)19(5,6)16-7-10-8-18-12-11(17-4)14-9-15(10)12/h8-9H,7H2,1-6H3. The van der Waals surface area contributed by atoms with Gasteiger partial charge in [-0.15, -0.1) is 23.1 Å². The van der Waals surface area contributed by atoms with E-state index in [4.69, 9.17) is 4.43 Å². The lowest BCUT2D eigenvalue weighted by molar-refractivity contribution is 0.271. The number of nitrogens with zero attached hydrogens (tertiary/aromatic N) is 2. The molecule has 0 aromatic carbocycles. The molecule has 0 aliphatic carbocycles. The van der Waals surface area contributed by atoms with Gasteiger partial charge in [-0.05, 0) is 24.4 Å². The van der Waals surface area contributed by atoms with E-state index in [1.54, 1.807) is 23.1 Å². The molecule has 0 unspecified atom stereocenters. The van der Waals surface area contributed by atoms with Crippen LogP contribution in [0.5, 0.6) is 0 Å². The Morgan fingerprint density at radius 1 is 1.42 bits per heavy atom. The predicted molar refractivity (Wildman–Crippen MR) is 86.8 cm³/mol. The van der Waals surface area contributed by atoms with E-state index in [1.807, 2.05) is 6.33 Å². The minimum absolute atomic E-state index is 0.251. The van der Waals surface area contributed by atoms with E-state index in [1.165, 1.54) is 10.5 Å². The number of hydrogen-bond donors (Lipinski definition) is 0. The summed E-state index contributed by atoms with van der Waals surface area (Å²) in [5.74, 6) is 0. The van der Waals surface area contributed by atoms with Gasteiger partial charge in [0.25, 0.3) is 0 Å². The van der Waals surface area contributed by atoms with Crippen molar-refractivity contribution >= 4 is 36.2 Å². The first-order valence-electron chi connectivity index (χ1n) is 6.37. The van der Waals surface area contributed by atoms with E-state index in [2.05, 4.69) is 54.9 Å². The van der Waals surface area contributed by atoms with Gasteiger partial charge in [-0.2, -0.15) is 0 Å². The highest BCUT2D eigenvalue weighted by Gasteiger charge is 2.37. The molecule has 2 heterocycles. The number of aromatic nitrogens is 2. The quantitative estimate of drug-likeness (QED) is 0.607. The Morgan fingerprint density at radius 3 is 2.68 bits per heavy atom. The van der Waals surface area contributed by atoms with E-state index in [-0.39, 0.29) is 5.04 Å². The molecule has 0 aliphatic heterocycles. The van der Waals surface area contributed by atoms with Crippen molar-refractivity contribution in [1.82, 2.24) is 9.38 Å². The van der Waals surface area contributed by atoms with Crippen molar-refractivity contribution in [2.24, 2.45) is 0 Å². The van der Waals surface area contributed by atoms with Crippen molar-refractivity contribution in [2.45, 2.75) is 50.5 Å². The average Bonchev–Trinajstić information content (AvgIpc) is 2.85. The van der Waals surface area contributed by atoms with Crippen molar-refractivity contribution in [3.05, 3.63) is 17.4 Å². The lowest BCUT2D eigenvalue weighted by atomic mass is 10.2. The smallest absolute Gasteiger partial charge is 0.192 e. The summed E-state index contributed by atoms with van der Waals surface area (Å²) in [6, 6.07) is 0. The Morgan fingerprint density at radius 2 is 2.11 bits per heavy atom. The molecule has 106 valence electrons. The lowest BCUT2D eigenvalue weighted by Gasteiger charge is -2.36. The number of imidazole rings is 1. The summed E-state index contributed by atoms with van der Waals surface area (Å²) in [7, 11) is -1.68. The second kappa shape index (κ2) is 5.24. The number of rotatable bonds is 4. The number of hydrogen-bond acceptors (Lipinski definition) is 4. The summed E-state index contributed by atoms with van der Waals surface area (Å²) < 4.78 is 8.44. The first kappa shape index (κ1) is 15.1. The van der Waals surface area contributed by atoms with Crippen molar-refractivity contribution in [3.8, 4) is 0 Å². The summed E-state index contributed by atoms with van der Waals surface area (Å²) in [6.45, 7) is 12.1. The van der Waals surface area contributed by atoms with Crippen LogP contribution >= 0.6 is 23.1 Å². The van der Waals surface area contributed by atoms with E-state index in [9.17, 15) is 0 Å². The van der Waals surface area contributed by atoms with Crippen molar-refractivity contribution < 1.29 is 4.43 Å². The first-order chi connectivity index (χ1) is 8.76. The minimum Gasteiger partial charge on any atom is -0.411 e. The van der Waals surface area contributed by atoms with Crippen molar-refractivity contribution in [2.75, 3.05) is 6.26 Å². The fraction of sp³-hybridized carbons (Fsp3) is 0.615. The van der Waals surface area contributed by atoms with Gasteiger partial charge >= 0.3 is 0 Å². The number of thiazole rings is 1. The topological polar surface area (TPSA) is 26.5 Å². The zero-order chi connectivity index (χ0) is 14.3. The highest BCUT2D eigenvalue weighted by Crippen LogP contribution is 2.37. The summed E-state index contributed by atoms with van der Waals surface area (Å²) in [4.78, 5) is 5.64. The van der Waals surface area contributed by atoms with E-state index in [0.29, 0.717) is 6.61 Å². The van der Waals surface area contributed by atoms with Gasteiger partial charge in [0.1, 0.15) is 16.2 Å². The van der Waals surface area contributed by atoms with Crippen LogP contribution in [0.15, 0.2) is 16.7 Å². The Labute approximate surface area is 124 Å². The third kappa shape index (κ3) is 2.91. The van der Waals surface area contributed by atoms with Crippen LogP contribution in [-0.2, 0) is 11.0 Å². The molecule has 0 saturated carbocycles. The first-order valence-corrected chi connectivity index (χ1v) is 11.4. The predicted octanol–water partition coefficient (Wildman–Crippen LogP) is 4.64. The Kier molecular flexibility index (Phi) is 4.16. The van der Waals surface area contributed by atoms with E-state index >= 15 is 0 Å². The average molecular weight is 315 g/mol. The maximum atomic E-state index is 6.28. The zero-order valence-corrected chi connectivity index (χ0v) is 15.1. The maximum absolute atomic E-state index is 6.28. The normalized spacial score (nSPS) is 13.4.